The smallest absolute Gasteiger partial charge is 0.0775 e. The molecule has 28 heavy (non-hydrogen) atoms. The van der Waals surface area contributed by atoms with Crippen LogP contribution in [0.1, 0.15) is 25.3 Å². The number of thiophene rings is 1. The van der Waals surface area contributed by atoms with Crippen molar-refractivity contribution >= 4 is 56.1 Å². The highest BCUT2D eigenvalue weighted by atomic mass is 32.1. The van der Waals surface area contributed by atoms with Crippen molar-refractivity contribution in [3.63, 3.8) is 0 Å². The zero-order valence-electron chi connectivity index (χ0n) is 17.7. The summed E-state index contributed by atoms with van der Waals surface area (Å²) in [6, 6.07) is 22.7. The van der Waals surface area contributed by atoms with Crippen LogP contribution in [0.25, 0.3) is 20.2 Å². The van der Waals surface area contributed by atoms with Crippen molar-refractivity contribution in [3.05, 3.63) is 66.2 Å². The number of benzene rings is 3. The van der Waals surface area contributed by atoms with E-state index in [1.165, 1.54) is 42.3 Å². The lowest BCUT2D eigenvalue weighted by Crippen LogP contribution is -2.37. The lowest BCUT2D eigenvalue weighted by molar-refractivity contribution is 0.878. The predicted molar refractivity (Wildman–Crippen MR) is 131 cm³/mol. The fourth-order valence-electron chi connectivity index (χ4n) is 3.87. The Bertz CT molecular complexity index is 1130. The molecule has 3 aromatic carbocycles. The van der Waals surface area contributed by atoms with Crippen molar-refractivity contribution in [2.75, 3.05) is 11.9 Å². The van der Waals surface area contributed by atoms with Crippen molar-refractivity contribution in [2.24, 2.45) is 0 Å². The maximum absolute atomic E-state index is 2.40. The summed E-state index contributed by atoms with van der Waals surface area (Å²) in [7, 11) is 0.917. The van der Waals surface area contributed by atoms with E-state index < -0.39 is 8.07 Å². The van der Waals surface area contributed by atoms with E-state index in [0.29, 0.717) is 5.92 Å². The van der Waals surface area contributed by atoms with E-state index in [2.05, 4.69) is 106 Å². The van der Waals surface area contributed by atoms with Crippen LogP contribution >= 0.6 is 11.3 Å². The molecule has 1 aromatic heterocycles. The Morgan fingerprint density at radius 3 is 2.00 bits per heavy atom. The lowest BCUT2D eigenvalue weighted by Gasteiger charge is -2.22. The van der Waals surface area contributed by atoms with Crippen molar-refractivity contribution < 1.29 is 0 Å². The van der Waals surface area contributed by atoms with Crippen LogP contribution in [-0.4, -0.2) is 15.1 Å². The van der Waals surface area contributed by atoms with E-state index in [0.717, 1.165) is 0 Å². The van der Waals surface area contributed by atoms with Crippen LogP contribution in [0.5, 0.6) is 0 Å². The summed E-state index contributed by atoms with van der Waals surface area (Å²) in [5.74, 6) is 0.534. The average molecular weight is 404 g/mol. The van der Waals surface area contributed by atoms with Crippen molar-refractivity contribution in [1.82, 2.24) is 0 Å². The van der Waals surface area contributed by atoms with E-state index in [9.17, 15) is 0 Å². The van der Waals surface area contributed by atoms with Gasteiger partial charge in [-0.25, -0.2) is 0 Å². The second kappa shape index (κ2) is 7.05. The quantitative estimate of drug-likeness (QED) is 0.319. The molecule has 0 unspecified atom stereocenters. The molecule has 4 aromatic rings. The van der Waals surface area contributed by atoms with Gasteiger partial charge < -0.3 is 4.90 Å². The molecular weight excluding hydrogens is 374 g/mol. The Morgan fingerprint density at radius 2 is 1.39 bits per heavy atom. The summed E-state index contributed by atoms with van der Waals surface area (Å²) in [4.78, 5) is 2.33. The summed E-state index contributed by atoms with van der Waals surface area (Å²) in [6.45, 7) is 11.8. The molecule has 0 fully saturated rings. The van der Waals surface area contributed by atoms with Crippen molar-refractivity contribution in [3.8, 4) is 0 Å². The normalized spacial score (nSPS) is 12.2. The fourth-order valence-corrected chi connectivity index (χ4v) is 6.55. The van der Waals surface area contributed by atoms with Gasteiger partial charge in [0.2, 0.25) is 0 Å². The monoisotopic (exact) mass is 403 g/mol. The molecular formula is C25H29NSSi. The lowest BCUT2D eigenvalue weighted by atomic mass is 10.0. The minimum absolute atomic E-state index is 0.534. The van der Waals surface area contributed by atoms with Gasteiger partial charge in [0.15, 0.2) is 0 Å². The van der Waals surface area contributed by atoms with Crippen LogP contribution in [0.2, 0.25) is 19.6 Å². The topological polar surface area (TPSA) is 3.24 Å². The molecule has 0 atom stereocenters. The van der Waals surface area contributed by atoms with Gasteiger partial charge in [0.05, 0.1) is 18.5 Å². The number of nitrogens with zero attached hydrogens (tertiary/aromatic N) is 1. The maximum atomic E-state index is 2.40. The van der Waals surface area contributed by atoms with Gasteiger partial charge in [0.25, 0.3) is 0 Å². The number of rotatable bonds is 4. The minimum Gasteiger partial charge on any atom is -0.343 e. The SMILES string of the molecule is CC(C)c1cccc2c1sc1c(N(C)c3ccc([Si](C)(C)C)cc3)cccc12. The summed E-state index contributed by atoms with van der Waals surface area (Å²) in [5, 5.41) is 4.26. The first kappa shape index (κ1) is 19.2. The Labute approximate surface area is 173 Å². The van der Waals surface area contributed by atoms with Crippen LogP contribution < -0.4 is 10.1 Å². The average Bonchev–Trinajstić information content (AvgIpc) is 3.05. The number of hydrogen-bond donors (Lipinski definition) is 0. The predicted octanol–water partition coefficient (Wildman–Crippen LogP) is 7.49. The summed E-state index contributed by atoms with van der Waals surface area (Å²) in [6.07, 6.45) is 0. The Hall–Kier alpha value is -2.10. The molecule has 0 saturated carbocycles. The Morgan fingerprint density at radius 1 is 0.786 bits per heavy atom. The van der Waals surface area contributed by atoms with Crippen molar-refractivity contribution in [1.29, 1.82) is 0 Å². The molecule has 0 amide bonds. The second-order valence-corrected chi connectivity index (χ2v) is 15.1. The largest absolute Gasteiger partial charge is 0.343 e. The third-order valence-electron chi connectivity index (χ3n) is 5.64. The van der Waals surface area contributed by atoms with E-state index >= 15 is 0 Å². The molecule has 0 spiro atoms. The van der Waals surface area contributed by atoms with E-state index in [4.69, 9.17) is 0 Å². The summed E-state index contributed by atoms with van der Waals surface area (Å²) >= 11 is 1.94. The van der Waals surface area contributed by atoms with Gasteiger partial charge in [-0.15, -0.1) is 11.3 Å². The molecule has 0 aliphatic rings. The fraction of sp³-hybridized carbons (Fsp3) is 0.280. The molecule has 0 saturated heterocycles. The third-order valence-corrected chi connectivity index (χ3v) is 9.00. The number of fused-ring (bicyclic) bond motifs is 3. The number of anilines is 2. The van der Waals surface area contributed by atoms with Gasteiger partial charge in [-0.1, -0.05) is 81.1 Å². The van der Waals surface area contributed by atoms with Gasteiger partial charge >= 0.3 is 0 Å². The summed E-state index contributed by atoms with van der Waals surface area (Å²) in [5.41, 5.74) is 3.98. The first-order valence-electron chi connectivity index (χ1n) is 10.1. The van der Waals surface area contributed by atoms with E-state index in [-0.39, 0.29) is 0 Å². The molecule has 144 valence electrons. The van der Waals surface area contributed by atoms with Crippen LogP contribution in [0.15, 0.2) is 60.7 Å². The second-order valence-electron chi connectivity index (χ2n) is 8.99. The molecule has 1 nitrogen and oxygen atoms in total. The van der Waals surface area contributed by atoms with Gasteiger partial charge in [0, 0.05) is 28.2 Å². The van der Waals surface area contributed by atoms with Crippen molar-refractivity contribution in [2.45, 2.75) is 39.4 Å². The molecule has 0 bridgehead atoms. The first-order valence-corrected chi connectivity index (χ1v) is 14.4. The Balaban J connectivity index is 1.84. The maximum Gasteiger partial charge on any atom is 0.0775 e. The van der Waals surface area contributed by atoms with Gasteiger partial charge in [0.1, 0.15) is 0 Å². The van der Waals surface area contributed by atoms with Crippen LogP contribution in [-0.2, 0) is 0 Å². The summed E-state index contributed by atoms with van der Waals surface area (Å²) < 4.78 is 2.81. The van der Waals surface area contributed by atoms with Gasteiger partial charge in [-0.2, -0.15) is 0 Å². The third kappa shape index (κ3) is 3.27. The molecule has 0 aliphatic heterocycles. The highest BCUT2D eigenvalue weighted by Gasteiger charge is 2.18. The molecule has 0 aliphatic carbocycles. The zero-order valence-corrected chi connectivity index (χ0v) is 19.5. The molecule has 3 heteroatoms. The van der Waals surface area contributed by atoms with Crippen LogP contribution in [0.3, 0.4) is 0 Å². The minimum atomic E-state index is -1.27. The first-order chi connectivity index (χ1) is 13.3. The standard InChI is InChI=1S/C25H29NSSi/c1-17(2)20-9-7-10-21-22-11-8-12-23(25(22)27-24(20)21)26(3)18-13-15-19(16-14-18)28(4,5)6/h7-17H,1-6H3. The number of hydrogen-bond acceptors (Lipinski definition) is 2. The molecule has 0 N–H and O–H groups in total. The van der Waals surface area contributed by atoms with Crippen LogP contribution in [0, 0.1) is 0 Å². The van der Waals surface area contributed by atoms with E-state index in [1.807, 2.05) is 11.3 Å². The Kier molecular flexibility index (Phi) is 4.84. The highest BCUT2D eigenvalue weighted by Crippen LogP contribution is 2.43. The highest BCUT2D eigenvalue weighted by molar-refractivity contribution is 7.26. The van der Waals surface area contributed by atoms with Gasteiger partial charge in [-0.3, -0.25) is 0 Å². The van der Waals surface area contributed by atoms with Gasteiger partial charge in [-0.05, 0) is 29.7 Å². The molecule has 1 heterocycles. The molecule has 0 radical (unpaired) electrons. The van der Waals surface area contributed by atoms with E-state index in [1.54, 1.807) is 0 Å². The molecule has 4 rings (SSSR count). The van der Waals surface area contributed by atoms with Crippen LogP contribution in [0.4, 0.5) is 11.4 Å². The zero-order chi connectivity index (χ0) is 20.1.